The normalized spacial score (nSPS) is 11.5. The molecule has 0 bridgehead atoms. The Hall–Kier alpha value is 0.530. The lowest BCUT2D eigenvalue weighted by molar-refractivity contribution is 0.363. The van der Waals surface area contributed by atoms with Crippen LogP contribution in [-0.2, 0) is 10.9 Å². The van der Waals surface area contributed by atoms with Crippen molar-refractivity contribution in [1.29, 1.82) is 0 Å². The zero-order valence-corrected chi connectivity index (χ0v) is 6.32. The molecular weight excluding hydrogens is 147 g/mol. The molecule has 0 amide bonds. The van der Waals surface area contributed by atoms with E-state index in [0.29, 0.717) is 5.75 Å². The summed E-state index contributed by atoms with van der Waals surface area (Å²) in [4.78, 5) is 25.0. The summed E-state index contributed by atoms with van der Waals surface area (Å²) in [6.07, 6.45) is 0.841. The Labute approximate surface area is 52.2 Å². The maximum Gasteiger partial charge on any atom is 0.515 e. The summed E-state index contributed by atoms with van der Waals surface area (Å²) >= 11 is 0. The van der Waals surface area contributed by atoms with Gasteiger partial charge in [-0.15, -0.1) is 0 Å². The fraction of sp³-hybridized carbons (Fsp3) is 1.00. The van der Waals surface area contributed by atoms with E-state index < -0.39 is 6.72 Å². The quantitative estimate of drug-likeness (QED) is 0.394. The molecule has 0 atom stereocenters. The lowest BCUT2D eigenvalue weighted by atomic mass is 10.6. The van der Waals surface area contributed by atoms with Crippen LogP contribution in [0.15, 0.2) is 0 Å². The molecular formula is C3H10O3PS+. The monoisotopic (exact) mass is 157 g/mol. The summed E-state index contributed by atoms with van der Waals surface area (Å²) in [5, 5.41) is 0. The highest BCUT2D eigenvalue weighted by Crippen LogP contribution is 2.30. The van der Waals surface area contributed by atoms with Gasteiger partial charge in [0.25, 0.3) is 0 Å². The molecule has 0 aromatic heterocycles. The first kappa shape index (κ1) is 8.53. The van der Waals surface area contributed by atoms with Crippen molar-refractivity contribution in [3.8, 4) is 0 Å². The van der Waals surface area contributed by atoms with Gasteiger partial charge in [-0.2, -0.15) is 0 Å². The molecule has 0 saturated carbocycles. The minimum Gasteiger partial charge on any atom is -0.290 e. The van der Waals surface area contributed by atoms with Gasteiger partial charge in [0.2, 0.25) is 10.9 Å². The van der Waals surface area contributed by atoms with Crippen LogP contribution in [0.5, 0.6) is 0 Å². The molecule has 0 unspecified atom stereocenters. The highest BCUT2D eigenvalue weighted by atomic mass is 32.5. The van der Waals surface area contributed by atoms with Crippen molar-refractivity contribution < 1.29 is 14.7 Å². The minimum atomic E-state index is -3.52. The smallest absolute Gasteiger partial charge is 0.290 e. The number of rotatable bonds is 2. The molecule has 0 aliphatic rings. The largest absolute Gasteiger partial charge is 0.515 e. The zero-order valence-electron chi connectivity index (χ0n) is 4.61. The van der Waals surface area contributed by atoms with Crippen molar-refractivity contribution in [3.63, 3.8) is 0 Å². The van der Waals surface area contributed by atoms with E-state index in [1.54, 1.807) is 0 Å². The Morgan fingerprint density at radius 3 is 2.00 bits per heavy atom. The molecule has 0 fully saturated rings. The number of hydrogen-bond acceptors (Lipinski definition) is 0. The minimum absolute atomic E-state index is 0.595. The van der Waals surface area contributed by atoms with E-state index in [4.69, 9.17) is 14.7 Å². The van der Waals surface area contributed by atoms with Gasteiger partial charge in [0.05, 0.1) is 0 Å². The lowest BCUT2D eigenvalue weighted by Crippen LogP contribution is -1.81. The molecule has 0 saturated heterocycles. The molecule has 0 aromatic carbocycles. The Bertz CT molecular complexity index is 98.8. The summed E-state index contributed by atoms with van der Waals surface area (Å²) in [5.74, 6) is 0.595. The van der Waals surface area contributed by atoms with Crippen LogP contribution >= 0.6 is 6.72 Å². The Morgan fingerprint density at radius 1 is 1.38 bits per heavy atom. The fourth-order valence-corrected chi connectivity index (χ4v) is 1.92. The van der Waals surface area contributed by atoms with Crippen LogP contribution in [0, 0.1) is 0 Å². The van der Waals surface area contributed by atoms with Crippen LogP contribution in [-0.4, -0.2) is 20.4 Å². The van der Waals surface area contributed by atoms with Gasteiger partial charge in [-0.3, -0.25) is 14.7 Å². The van der Waals surface area contributed by atoms with Gasteiger partial charge in [-0.1, -0.05) is 6.92 Å². The highest BCUT2D eigenvalue weighted by Gasteiger charge is 2.16. The van der Waals surface area contributed by atoms with Gasteiger partial charge in [-0.05, 0) is 6.42 Å². The Balaban J connectivity index is 3.58. The van der Waals surface area contributed by atoms with Crippen molar-refractivity contribution in [2.24, 2.45) is 0 Å². The van der Waals surface area contributed by atoms with E-state index in [1.165, 1.54) is 0 Å². The van der Waals surface area contributed by atoms with Crippen molar-refractivity contribution >= 4 is 17.7 Å². The fourth-order valence-electron chi connectivity index (χ4n) is 0.214. The maximum absolute atomic E-state index is 8.33. The molecule has 3 N–H and O–H groups in total. The topological polar surface area (TPSA) is 60.7 Å². The SMILES string of the molecule is CCC[S+]=P(O)(O)O. The third-order valence-electron chi connectivity index (χ3n) is 0.469. The van der Waals surface area contributed by atoms with Crippen LogP contribution in [0.3, 0.4) is 0 Å². The van der Waals surface area contributed by atoms with Crippen LogP contribution in [0.2, 0.25) is 0 Å². The first-order valence-corrected chi connectivity index (χ1v) is 5.52. The predicted octanol–water partition coefficient (Wildman–Crippen LogP) is 0.134. The van der Waals surface area contributed by atoms with E-state index >= 15 is 0 Å². The van der Waals surface area contributed by atoms with Crippen LogP contribution in [0.4, 0.5) is 0 Å². The molecule has 3 nitrogen and oxygen atoms in total. The summed E-state index contributed by atoms with van der Waals surface area (Å²) in [6, 6.07) is 0. The molecule has 5 heteroatoms. The summed E-state index contributed by atoms with van der Waals surface area (Å²) in [7, 11) is 0.811. The number of hydrogen-bond donors (Lipinski definition) is 3. The molecule has 0 aliphatic heterocycles. The molecule has 0 radical (unpaired) electrons. The van der Waals surface area contributed by atoms with Crippen molar-refractivity contribution in [3.05, 3.63) is 0 Å². The summed E-state index contributed by atoms with van der Waals surface area (Å²) < 4.78 is 0. The van der Waals surface area contributed by atoms with Crippen LogP contribution < -0.4 is 0 Å². The van der Waals surface area contributed by atoms with Crippen molar-refractivity contribution in [2.75, 3.05) is 5.75 Å². The molecule has 0 heterocycles. The maximum atomic E-state index is 8.33. The summed E-state index contributed by atoms with van der Waals surface area (Å²) in [6.45, 7) is -1.61. The molecule has 8 heavy (non-hydrogen) atoms. The average molecular weight is 157 g/mol. The van der Waals surface area contributed by atoms with Crippen molar-refractivity contribution in [2.45, 2.75) is 13.3 Å². The van der Waals surface area contributed by atoms with Gasteiger partial charge in [-0.25, -0.2) is 0 Å². The van der Waals surface area contributed by atoms with E-state index in [-0.39, 0.29) is 0 Å². The predicted molar refractivity (Wildman–Crippen MR) is 36.1 cm³/mol. The first-order chi connectivity index (χ1) is 3.56. The van der Waals surface area contributed by atoms with E-state index in [0.717, 1.165) is 17.4 Å². The molecule has 50 valence electrons. The van der Waals surface area contributed by atoms with Gasteiger partial charge >= 0.3 is 6.72 Å². The molecule has 0 aromatic rings. The molecule has 0 spiro atoms. The van der Waals surface area contributed by atoms with E-state index in [2.05, 4.69) is 0 Å². The van der Waals surface area contributed by atoms with Crippen molar-refractivity contribution in [1.82, 2.24) is 0 Å². The molecule has 0 aliphatic carbocycles. The second-order valence-electron chi connectivity index (χ2n) is 1.35. The van der Waals surface area contributed by atoms with Crippen LogP contribution in [0.25, 0.3) is 0 Å². The average Bonchev–Trinajstić information content (AvgIpc) is 1.59. The summed E-state index contributed by atoms with van der Waals surface area (Å²) in [5.41, 5.74) is 0. The molecule has 0 rings (SSSR count). The van der Waals surface area contributed by atoms with Gasteiger partial charge in [0.15, 0.2) is 5.75 Å². The lowest BCUT2D eigenvalue weighted by Gasteiger charge is -1.83. The van der Waals surface area contributed by atoms with Crippen LogP contribution in [0.1, 0.15) is 13.3 Å². The third-order valence-corrected chi connectivity index (χ3v) is 2.99. The third kappa shape index (κ3) is 6.53. The Morgan fingerprint density at radius 2 is 1.88 bits per heavy atom. The second-order valence-corrected chi connectivity index (χ2v) is 5.28. The highest BCUT2D eigenvalue weighted by molar-refractivity contribution is 8.16. The zero-order chi connectivity index (χ0) is 6.62. The Kier molecular flexibility index (Phi) is 3.77. The van der Waals surface area contributed by atoms with Gasteiger partial charge in [0, 0.05) is 0 Å². The first-order valence-electron chi connectivity index (χ1n) is 2.28. The van der Waals surface area contributed by atoms with Gasteiger partial charge in [0.1, 0.15) is 0 Å². The van der Waals surface area contributed by atoms with E-state index in [9.17, 15) is 0 Å². The standard InChI is InChI=1S/C3H10O3PS/c1-2-3-8-7(4,5)6/h4-6H,2-3H2,1H3/q+1. The second kappa shape index (κ2) is 3.54. The van der Waals surface area contributed by atoms with E-state index in [1.807, 2.05) is 6.92 Å². The van der Waals surface area contributed by atoms with Gasteiger partial charge < -0.3 is 0 Å².